The average molecular weight is 269 g/mol. The molecule has 4 nitrogen and oxygen atoms in total. The van der Waals surface area contributed by atoms with E-state index in [0.717, 1.165) is 5.69 Å². The molecule has 98 valence electrons. The minimum absolute atomic E-state index is 0.0402. The number of rotatable bonds is 2. The van der Waals surface area contributed by atoms with Crippen LogP contribution in [0.25, 0.3) is 0 Å². The second-order valence-electron chi connectivity index (χ2n) is 4.34. The van der Waals surface area contributed by atoms with Crippen molar-refractivity contribution in [2.24, 2.45) is 5.73 Å². The fourth-order valence-corrected chi connectivity index (χ4v) is 2.23. The van der Waals surface area contributed by atoms with Gasteiger partial charge in [0.05, 0.1) is 11.8 Å². The number of anilines is 2. The number of benzene rings is 1. The third-order valence-electron chi connectivity index (χ3n) is 3.04. The van der Waals surface area contributed by atoms with Gasteiger partial charge in [-0.3, -0.25) is 0 Å². The maximum Gasteiger partial charge on any atom is 0.168 e. The summed E-state index contributed by atoms with van der Waals surface area (Å²) in [5.41, 5.74) is 6.45. The molecule has 1 aromatic carbocycles. The molecule has 0 unspecified atom stereocenters. The monoisotopic (exact) mass is 269 g/mol. The lowest BCUT2D eigenvalue weighted by atomic mass is 10.1. The van der Waals surface area contributed by atoms with E-state index >= 15 is 0 Å². The van der Waals surface area contributed by atoms with Crippen LogP contribution in [-0.2, 0) is 0 Å². The minimum Gasteiger partial charge on any atom is -0.393 e. The SMILES string of the molecule is NC(=S)Nc1c(F)cccc1N1CCC(O)CC1. The highest BCUT2D eigenvalue weighted by molar-refractivity contribution is 7.80. The lowest BCUT2D eigenvalue weighted by molar-refractivity contribution is 0.145. The zero-order valence-corrected chi connectivity index (χ0v) is 10.7. The van der Waals surface area contributed by atoms with Crippen molar-refractivity contribution >= 4 is 28.7 Å². The third kappa shape index (κ3) is 2.88. The Kier molecular flexibility index (Phi) is 3.98. The molecule has 1 aromatic rings. The number of halogens is 1. The van der Waals surface area contributed by atoms with E-state index in [1.165, 1.54) is 6.07 Å². The molecule has 18 heavy (non-hydrogen) atoms. The molecule has 0 amide bonds. The Bertz CT molecular complexity index is 447. The van der Waals surface area contributed by atoms with E-state index in [2.05, 4.69) is 5.32 Å². The molecule has 0 bridgehead atoms. The smallest absolute Gasteiger partial charge is 0.168 e. The van der Waals surface area contributed by atoms with Crippen molar-refractivity contribution in [2.75, 3.05) is 23.3 Å². The van der Waals surface area contributed by atoms with E-state index in [9.17, 15) is 9.50 Å². The first-order valence-electron chi connectivity index (χ1n) is 5.86. The summed E-state index contributed by atoms with van der Waals surface area (Å²) in [6.45, 7) is 1.38. The van der Waals surface area contributed by atoms with Crippen molar-refractivity contribution in [3.8, 4) is 0 Å². The van der Waals surface area contributed by atoms with Gasteiger partial charge in [-0.2, -0.15) is 0 Å². The Hall–Kier alpha value is -1.40. The largest absolute Gasteiger partial charge is 0.393 e. The van der Waals surface area contributed by atoms with Gasteiger partial charge in [0.15, 0.2) is 5.11 Å². The van der Waals surface area contributed by atoms with Gasteiger partial charge in [-0.15, -0.1) is 0 Å². The number of aliphatic hydroxyl groups is 1. The van der Waals surface area contributed by atoms with Crippen molar-refractivity contribution in [1.82, 2.24) is 0 Å². The fraction of sp³-hybridized carbons (Fsp3) is 0.417. The van der Waals surface area contributed by atoms with E-state index in [0.29, 0.717) is 31.6 Å². The Morgan fingerprint density at radius 2 is 2.11 bits per heavy atom. The number of nitrogens with zero attached hydrogens (tertiary/aromatic N) is 1. The Balaban J connectivity index is 2.26. The number of thiocarbonyl (C=S) groups is 1. The number of para-hydroxylation sites is 1. The molecule has 2 rings (SSSR count). The van der Waals surface area contributed by atoms with E-state index < -0.39 is 0 Å². The Morgan fingerprint density at radius 1 is 1.44 bits per heavy atom. The third-order valence-corrected chi connectivity index (χ3v) is 3.15. The summed E-state index contributed by atoms with van der Waals surface area (Å²) < 4.78 is 13.8. The quantitative estimate of drug-likeness (QED) is 0.709. The molecule has 1 saturated heterocycles. The highest BCUT2D eigenvalue weighted by atomic mass is 32.1. The van der Waals surface area contributed by atoms with E-state index in [4.69, 9.17) is 18.0 Å². The Labute approximate surface area is 111 Å². The van der Waals surface area contributed by atoms with Crippen LogP contribution in [0.5, 0.6) is 0 Å². The number of hydrogen-bond donors (Lipinski definition) is 3. The lowest BCUT2D eigenvalue weighted by Gasteiger charge is -2.32. The highest BCUT2D eigenvalue weighted by Crippen LogP contribution is 2.30. The topological polar surface area (TPSA) is 61.5 Å². The molecule has 4 N–H and O–H groups in total. The van der Waals surface area contributed by atoms with Crippen molar-refractivity contribution in [3.05, 3.63) is 24.0 Å². The molecule has 0 aliphatic carbocycles. The van der Waals surface area contributed by atoms with Crippen molar-refractivity contribution in [2.45, 2.75) is 18.9 Å². The summed E-state index contributed by atoms with van der Waals surface area (Å²) in [5, 5.41) is 12.2. The summed E-state index contributed by atoms with van der Waals surface area (Å²) in [5.74, 6) is -0.383. The molecular weight excluding hydrogens is 253 g/mol. The van der Waals surface area contributed by atoms with Crippen molar-refractivity contribution < 1.29 is 9.50 Å². The zero-order chi connectivity index (χ0) is 13.1. The fourth-order valence-electron chi connectivity index (χ4n) is 2.13. The number of piperidine rings is 1. The molecule has 0 aromatic heterocycles. The van der Waals surface area contributed by atoms with Crippen molar-refractivity contribution in [1.29, 1.82) is 0 Å². The summed E-state index contributed by atoms with van der Waals surface area (Å²) >= 11 is 4.76. The van der Waals surface area contributed by atoms with Crippen LogP contribution in [0.1, 0.15) is 12.8 Å². The summed E-state index contributed by atoms with van der Waals surface area (Å²) in [6, 6.07) is 4.84. The standard InChI is InChI=1S/C12H16FN3OS/c13-9-2-1-3-10(11(9)15-12(14)18)16-6-4-8(17)5-7-16/h1-3,8,17H,4-7H2,(H3,14,15,18). The van der Waals surface area contributed by atoms with Gasteiger partial charge >= 0.3 is 0 Å². The molecule has 1 heterocycles. The normalized spacial score (nSPS) is 16.7. The molecule has 0 spiro atoms. The molecule has 1 fully saturated rings. The molecule has 0 saturated carbocycles. The van der Waals surface area contributed by atoms with Crippen LogP contribution >= 0.6 is 12.2 Å². The van der Waals surface area contributed by atoms with E-state index in [-0.39, 0.29) is 17.0 Å². The number of aliphatic hydroxyl groups excluding tert-OH is 1. The van der Waals surface area contributed by atoms with Gasteiger partial charge in [-0.1, -0.05) is 6.07 Å². The van der Waals surface area contributed by atoms with Gasteiger partial charge < -0.3 is 21.1 Å². The van der Waals surface area contributed by atoms with Crippen LogP contribution in [0, 0.1) is 5.82 Å². The van der Waals surface area contributed by atoms with E-state index in [1.54, 1.807) is 6.07 Å². The molecule has 0 atom stereocenters. The molecule has 1 aliphatic heterocycles. The van der Waals surface area contributed by atoms with Crippen LogP contribution in [0.4, 0.5) is 15.8 Å². The number of hydrogen-bond acceptors (Lipinski definition) is 3. The average Bonchev–Trinajstić information content (AvgIpc) is 2.32. The Morgan fingerprint density at radius 3 is 2.72 bits per heavy atom. The predicted molar refractivity (Wildman–Crippen MR) is 74.3 cm³/mol. The maximum absolute atomic E-state index is 13.8. The molecule has 0 radical (unpaired) electrons. The second-order valence-corrected chi connectivity index (χ2v) is 4.78. The van der Waals surface area contributed by atoms with Crippen LogP contribution in [0.2, 0.25) is 0 Å². The summed E-state index contributed by atoms with van der Waals surface area (Å²) in [4.78, 5) is 2.02. The van der Waals surface area contributed by atoms with Gasteiger partial charge in [-0.05, 0) is 37.2 Å². The first-order valence-corrected chi connectivity index (χ1v) is 6.26. The molecule has 6 heteroatoms. The van der Waals surface area contributed by atoms with Gasteiger partial charge in [0, 0.05) is 13.1 Å². The maximum atomic E-state index is 13.8. The van der Waals surface area contributed by atoms with Gasteiger partial charge in [0.2, 0.25) is 0 Å². The molecular formula is C12H16FN3OS. The van der Waals surface area contributed by atoms with Gasteiger partial charge in [-0.25, -0.2) is 4.39 Å². The number of nitrogens with one attached hydrogen (secondary N) is 1. The van der Waals surface area contributed by atoms with Gasteiger partial charge in [0.1, 0.15) is 11.5 Å². The zero-order valence-electron chi connectivity index (χ0n) is 9.90. The van der Waals surface area contributed by atoms with E-state index in [1.807, 2.05) is 11.0 Å². The minimum atomic E-state index is -0.383. The summed E-state index contributed by atoms with van der Waals surface area (Å²) in [7, 11) is 0. The number of nitrogens with two attached hydrogens (primary N) is 1. The summed E-state index contributed by atoms with van der Waals surface area (Å²) in [6.07, 6.45) is 1.10. The van der Waals surface area contributed by atoms with Crippen LogP contribution in [0.3, 0.4) is 0 Å². The second kappa shape index (κ2) is 5.49. The predicted octanol–water partition coefficient (Wildman–Crippen LogP) is 1.44. The van der Waals surface area contributed by atoms with Crippen molar-refractivity contribution in [3.63, 3.8) is 0 Å². The highest BCUT2D eigenvalue weighted by Gasteiger charge is 2.20. The van der Waals surface area contributed by atoms with Crippen LogP contribution < -0.4 is 16.0 Å². The van der Waals surface area contributed by atoms with Crippen LogP contribution in [-0.4, -0.2) is 29.4 Å². The lowest BCUT2D eigenvalue weighted by Crippen LogP contribution is -2.36. The first kappa shape index (κ1) is 13.0. The first-order chi connectivity index (χ1) is 8.58. The van der Waals surface area contributed by atoms with Gasteiger partial charge in [0.25, 0.3) is 0 Å². The molecule has 1 aliphatic rings. The van der Waals surface area contributed by atoms with Crippen LogP contribution in [0.15, 0.2) is 18.2 Å².